The molecule has 3 rings (SSSR count). The van der Waals surface area contributed by atoms with Gasteiger partial charge >= 0.3 is 0 Å². The first kappa shape index (κ1) is 17.3. The van der Waals surface area contributed by atoms with Crippen molar-refractivity contribution >= 4 is 58.6 Å². The van der Waals surface area contributed by atoms with E-state index in [4.69, 9.17) is 28.3 Å². The second kappa shape index (κ2) is 6.78. The molecule has 0 bridgehead atoms. The highest BCUT2D eigenvalue weighted by atomic mass is 35.5. The number of aromatic nitrogens is 1. The van der Waals surface area contributed by atoms with Gasteiger partial charge in [0.2, 0.25) is 11.8 Å². The molecule has 0 radical (unpaired) electrons. The van der Waals surface area contributed by atoms with E-state index in [1.54, 1.807) is 25.1 Å². The standard InChI is InChI=1S/C17H14ClN3O3S/c1-10-16(21-15(23)9-14(22)20(2)17(21)25)13(24-19-10)8-7-11-5-3-4-6-12(11)18/h3-8H,9H2,1-2H3/b8-7+. The zero-order chi connectivity index (χ0) is 18.1. The number of halogens is 1. The number of aryl methyl sites for hydroxylation is 1. The van der Waals surface area contributed by atoms with Crippen molar-refractivity contribution in [2.75, 3.05) is 11.9 Å². The zero-order valence-corrected chi connectivity index (χ0v) is 15.1. The third-order valence-corrected chi connectivity index (χ3v) is 4.60. The zero-order valence-electron chi connectivity index (χ0n) is 13.5. The van der Waals surface area contributed by atoms with E-state index in [2.05, 4.69) is 5.16 Å². The lowest BCUT2D eigenvalue weighted by molar-refractivity contribution is -0.132. The summed E-state index contributed by atoms with van der Waals surface area (Å²) >= 11 is 11.4. The Hall–Kier alpha value is -2.51. The monoisotopic (exact) mass is 375 g/mol. The maximum Gasteiger partial charge on any atom is 0.242 e. The van der Waals surface area contributed by atoms with Crippen LogP contribution in [0.4, 0.5) is 5.69 Å². The fourth-order valence-corrected chi connectivity index (χ4v) is 2.94. The molecule has 6 nitrogen and oxygen atoms in total. The molecule has 0 saturated carbocycles. The Balaban J connectivity index is 2.00. The largest absolute Gasteiger partial charge is 0.354 e. The second-order valence-corrected chi connectivity index (χ2v) is 6.25. The minimum atomic E-state index is -0.410. The van der Waals surface area contributed by atoms with Crippen LogP contribution in [-0.4, -0.2) is 34.0 Å². The average Bonchev–Trinajstić information content (AvgIpc) is 2.93. The van der Waals surface area contributed by atoms with Crippen LogP contribution in [0.5, 0.6) is 0 Å². The van der Waals surface area contributed by atoms with Gasteiger partial charge in [-0.15, -0.1) is 0 Å². The van der Waals surface area contributed by atoms with Crippen molar-refractivity contribution < 1.29 is 14.1 Å². The lowest BCUT2D eigenvalue weighted by atomic mass is 10.1. The molecule has 0 atom stereocenters. The summed E-state index contributed by atoms with van der Waals surface area (Å²) in [5.41, 5.74) is 1.72. The van der Waals surface area contributed by atoms with Crippen LogP contribution in [0.2, 0.25) is 5.02 Å². The van der Waals surface area contributed by atoms with Crippen molar-refractivity contribution in [3.8, 4) is 0 Å². The van der Waals surface area contributed by atoms with E-state index in [0.717, 1.165) is 5.56 Å². The third kappa shape index (κ3) is 3.20. The summed E-state index contributed by atoms with van der Waals surface area (Å²) in [4.78, 5) is 26.7. The van der Waals surface area contributed by atoms with E-state index < -0.39 is 5.91 Å². The summed E-state index contributed by atoms with van der Waals surface area (Å²) in [6.45, 7) is 1.71. The molecule has 1 saturated heterocycles. The van der Waals surface area contributed by atoms with Crippen molar-refractivity contribution in [1.29, 1.82) is 0 Å². The predicted octanol–water partition coefficient (Wildman–Crippen LogP) is 3.29. The molecule has 2 amide bonds. The number of hydrogen-bond donors (Lipinski definition) is 0. The molecule has 25 heavy (non-hydrogen) atoms. The molecule has 2 aromatic rings. The lowest BCUT2D eigenvalue weighted by Crippen LogP contribution is -2.53. The van der Waals surface area contributed by atoms with Gasteiger partial charge in [0.05, 0.1) is 0 Å². The molecule has 1 fully saturated rings. The Bertz CT molecular complexity index is 906. The van der Waals surface area contributed by atoms with Gasteiger partial charge in [0.15, 0.2) is 10.9 Å². The summed E-state index contributed by atoms with van der Waals surface area (Å²) in [5.74, 6) is -0.392. The quantitative estimate of drug-likeness (QED) is 0.608. The second-order valence-electron chi connectivity index (χ2n) is 5.48. The Morgan fingerprint density at radius 2 is 1.96 bits per heavy atom. The highest BCUT2D eigenvalue weighted by molar-refractivity contribution is 7.80. The molecule has 0 N–H and O–H groups in total. The smallest absolute Gasteiger partial charge is 0.242 e. The summed E-state index contributed by atoms with van der Waals surface area (Å²) < 4.78 is 5.33. The van der Waals surface area contributed by atoms with Gasteiger partial charge in [-0.05, 0) is 42.9 Å². The van der Waals surface area contributed by atoms with Crippen LogP contribution >= 0.6 is 23.8 Å². The van der Waals surface area contributed by atoms with E-state index >= 15 is 0 Å². The van der Waals surface area contributed by atoms with Crippen LogP contribution in [0.3, 0.4) is 0 Å². The Morgan fingerprint density at radius 1 is 1.24 bits per heavy atom. The van der Waals surface area contributed by atoms with Crippen molar-refractivity contribution in [3.05, 3.63) is 46.3 Å². The van der Waals surface area contributed by atoms with Gasteiger partial charge in [-0.1, -0.05) is 35.0 Å². The predicted molar refractivity (Wildman–Crippen MR) is 99.1 cm³/mol. The van der Waals surface area contributed by atoms with Crippen LogP contribution in [0.15, 0.2) is 28.8 Å². The number of nitrogens with zero attached hydrogens (tertiary/aromatic N) is 3. The van der Waals surface area contributed by atoms with Gasteiger partial charge < -0.3 is 4.52 Å². The number of carbonyl (C=O) groups excluding carboxylic acids is 2. The number of amides is 2. The van der Waals surface area contributed by atoms with E-state index in [1.807, 2.05) is 18.2 Å². The molecule has 8 heteroatoms. The van der Waals surface area contributed by atoms with Crippen molar-refractivity contribution in [2.45, 2.75) is 13.3 Å². The molecule has 0 spiro atoms. The molecule has 0 aliphatic carbocycles. The summed E-state index contributed by atoms with van der Waals surface area (Å²) in [7, 11) is 1.53. The fourth-order valence-electron chi connectivity index (χ4n) is 2.45. The van der Waals surface area contributed by atoms with Crippen molar-refractivity contribution in [3.63, 3.8) is 0 Å². The highest BCUT2D eigenvalue weighted by Crippen LogP contribution is 2.30. The number of thiocarbonyl (C=S) groups is 1. The maximum atomic E-state index is 12.4. The van der Waals surface area contributed by atoms with Crippen molar-refractivity contribution in [2.24, 2.45) is 0 Å². The van der Waals surface area contributed by atoms with Crippen LogP contribution in [-0.2, 0) is 9.59 Å². The number of anilines is 1. The molecule has 1 aromatic carbocycles. The number of rotatable bonds is 3. The Morgan fingerprint density at radius 3 is 2.68 bits per heavy atom. The average molecular weight is 376 g/mol. The van der Waals surface area contributed by atoms with Gasteiger partial charge in [-0.25, -0.2) is 0 Å². The van der Waals surface area contributed by atoms with Gasteiger partial charge in [0.1, 0.15) is 17.8 Å². The molecular formula is C17H14ClN3O3S. The number of benzene rings is 1. The first-order chi connectivity index (χ1) is 11.9. The highest BCUT2D eigenvalue weighted by Gasteiger charge is 2.37. The molecule has 128 valence electrons. The van der Waals surface area contributed by atoms with Gasteiger partial charge in [-0.2, -0.15) is 0 Å². The maximum absolute atomic E-state index is 12.4. The minimum absolute atomic E-state index is 0.0972. The van der Waals surface area contributed by atoms with Gasteiger partial charge in [-0.3, -0.25) is 19.4 Å². The molecule has 2 heterocycles. The lowest BCUT2D eigenvalue weighted by Gasteiger charge is -2.32. The SMILES string of the molecule is Cc1noc(/C=C/c2ccccc2Cl)c1N1C(=O)CC(=O)N(C)C1=S. The minimum Gasteiger partial charge on any atom is -0.354 e. The van der Waals surface area contributed by atoms with Crippen molar-refractivity contribution in [1.82, 2.24) is 10.1 Å². The molecule has 1 aromatic heterocycles. The third-order valence-electron chi connectivity index (χ3n) is 3.80. The molecule has 0 unspecified atom stereocenters. The summed E-state index contributed by atoms with van der Waals surface area (Å²) in [6, 6.07) is 7.33. The van der Waals surface area contributed by atoms with E-state index in [0.29, 0.717) is 22.2 Å². The molecule has 1 aliphatic heterocycles. The van der Waals surface area contributed by atoms with E-state index in [-0.39, 0.29) is 17.4 Å². The van der Waals surface area contributed by atoms with Crippen LogP contribution in [0.1, 0.15) is 23.4 Å². The number of hydrogen-bond acceptors (Lipinski definition) is 5. The van der Waals surface area contributed by atoms with Crippen LogP contribution in [0, 0.1) is 6.92 Å². The normalized spacial score (nSPS) is 15.6. The van der Waals surface area contributed by atoms with Gasteiger partial charge in [0.25, 0.3) is 0 Å². The van der Waals surface area contributed by atoms with E-state index in [1.165, 1.54) is 16.8 Å². The summed E-state index contributed by atoms with van der Waals surface area (Å²) in [6.07, 6.45) is 3.18. The fraction of sp³-hybridized carbons (Fsp3) is 0.176. The van der Waals surface area contributed by atoms with Crippen LogP contribution in [0.25, 0.3) is 12.2 Å². The summed E-state index contributed by atoms with van der Waals surface area (Å²) in [5, 5.41) is 4.61. The molecule has 1 aliphatic rings. The van der Waals surface area contributed by atoms with Gasteiger partial charge in [0, 0.05) is 12.1 Å². The first-order valence-electron chi connectivity index (χ1n) is 7.42. The Labute approximate surface area is 154 Å². The molecular weight excluding hydrogens is 362 g/mol. The topological polar surface area (TPSA) is 66.7 Å². The first-order valence-corrected chi connectivity index (χ1v) is 8.21. The van der Waals surface area contributed by atoms with Crippen LogP contribution < -0.4 is 4.90 Å². The van der Waals surface area contributed by atoms with E-state index in [9.17, 15) is 9.59 Å². The Kier molecular flexibility index (Phi) is 4.69. The number of carbonyl (C=O) groups is 2.